The minimum atomic E-state index is -1.17. The van der Waals surface area contributed by atoms with Gasteiger partial charge in [0, 0.05) is 15.7 Å². The Morgan fingerprint density at radius 1 is 1.31 bits per heavy atom. The van der Waals surface area contributed by atoms with Gasteiger partial charge in [-0.1, -0.05) is 39.9 Å². The number of amides is 2. The Bertz CT molecular complexity index is 1120. The summed E-state index contributed by atoms with van der Waals surface area (Å²) in [7, 11) is 0. The van der Waals surface area contributed by atoms with Crippen LogP contribution in [0, 0.1) is 5.82 Å². The largest absolute Gasteiger partial charge is 0.483 e. The van der Waals surface area contributed by atoms with E-state index in [9.17, 15) is 23.9 Å². The number of rotatable bonds is 7. The minimum absolute atomic E-state index is 0.146. The van der Waals surface area contributed by atoms with Gasteiger partial charge in [-0.05, 0) is 55.5 Å². The molecule has 3 rings (SSSR count). The van der Waals surface area contributed by atoms with Crippen molar-refractivity contribution in [2.24, 2.45) is 0 Å². The number of aliphatic carboxylic acids is 1. The summed E-state index contributed by atoms with van der Waals surface area (Å²) in [6, 6.07) is 9.25. The number of nitrogens with zero attached hydrogens (tertiary/aromatic N) is 1. The number of anilines is 1. The molecule has 2 amide bonds. The smallest absolute Gasteiger partial charge is 0.326 e. The van der Waals surface area contributed by atoms with Gasteiger partial charge in [0.2, 0.25) is 0 Å². The highest BCUT2D eigenvalue weighted by atomic mass is 79.9. The van der Waals surface area contributed by atoms with Crippen molar-refractivity contribution in [3.05, 3.63) is 63.2 Å². The number of halogens is 2. The first-order chi connectivity index (χ1) is 15.2. The van der Waals surface area contributed by atoms with Crippen LogP contribution in [0.25, 0.3) is 6.08 Å². The first-order valence-corrected chi connectivity index (χ1v) is 11.1. The van der Waals surface area contributed by atoms with Crippen molar-refractivity contribution in [1.82, 2.24) is 4.90 Å². The standard InChI is InChI=1S/C21H16BrFN2O5S2/c1-11(20(28)29)25-19(27)17(32-21(25)31)9-12-8-13(22)2-7-16(12)30-10-18(26)24-15-5-3-14(23)4-6-15/h2-9,11H,10H2,1H3,(H,24,26)(H,28,29)/b17-9-. The van der Waals surface area contributed by atoms with Crippen LogP contribution < -0.4 is 10.1 Å². The van der Waals surface area contributed by atoms with Crippen molar-refractivity contribution in [3.8, 4) is 5.75 Å². The lowest BCUT2D eigenvalue weighted by Crippen LogP contribution is -2.41. The van der Waals surface area contributed by atoms with Gasteiger partial charge in [0.1, 0.15) is 21.9 Å². The number of carbonyl (C=O) groups is 3. The van der Waals surface area contributed by atoms with Crippen LogP contribution in [0.1, 0.15) is 12.5 Å². The zero-order chi connectivity index (χ0) is 23.4. The van der Waals surface area contributed by atoms with E-state index in [1.54, 1.807) is 18.2 Å². The van der Waals surface area contributed by atoms with Crippen molar-refractivity contribution in [2.45, 2.75) is 13.0 Å². The molecule has 166 valence electrons. The molecule has 1 heterocycles. The maximum absolute atomic E-state index is 13.0. The molecule has 1 fully saturated rings. The second kappa shape index (κ2) is 10.2. The number of hydrogen-bond acceptors (Lipinski definition) is 6. The topological polar surface area (TPSA) is 95.9 Å². The van der Waals surface area contributed by atoms with E-state index in [1.807, 2.05) is 0 Å². The van der Waals surface area contributed by atoms with Crippen molar-refractivity contribution >= 4 is 73.8 Å². The molecule has 0 aromatic heterocycles. The van der Waals surface area contributed by atoms with E-state index >= 15 is 0 Å². The Kier molecular flexibility index (Phi) is 7.64. The van der Waals surface area contributed by atoms with E-state index in [0.29, 0.717) is 21.5 Å². The molecule has 1 aliphatic rings. The minimum Gasteiger partial charge on any atom is -0.483 e. The van der Waals surface area contributed by atoms with Crippen LogP contribution in [-0.4, -0.2) is 44.8 Å². The quantitative estimate of drug-likeness (QED) is 0.401. The summed E-state index contributed by atoms with van der Waals surface area (Å²) < 4.78 is 19.5. The summed E-state index contributed by atoms with van der Waals surface area (Å²) in [5.41, 5.74) is 0.921. The Balaban J connectivity index is 1.76. The molecule has 32 heavy (non-hydrogen) atoms. The Morgan fingerprint density at radius 3 is 2.66 bits per heavy atom. The van der Waals surface area contributed by atoms with Crippen LogP contribution >= 0.6 is 39.9 Å². The fourth-order valence-electron chi connectivity index (χ4n) is 2.70. The van der Waals surface area contributed by atoms with Crippen molar-refractivity contribution in [3.63, 3.8) is 0 Å². The first-order valence-electron chi connectivity index (χ1n) is 9.13. The molecule has 0 spiro atoms. The molecule has 7 nitrogen and oxygen atoms in total. The lowest BCUT2D eigenvalue weighted by Gasteiger charge is -2.18. The number of carboxylic acids is 1. The molecule has 1 saturated heterocycles. The third-order valence-corrected chi connectivity index (χ3v) is 6.14. The highest BCUT2D eigenvalue weighted by Crippen LogP contribution is 2.36. The van der Waals surface area contributed by atoms with Crippen molar-refractivity contribution in [1.29, 1.82) is 0 Å². The van der Waals surface area contributed by atoms with E-state index in [-0.39, 0.29) is 15.8 Å². The SMILES string of the molecule is CC(C(=O)O)N1C(=O)/C(=C/c2cc(Br)ccc2OCC(=O)Nc2ccc(F)cc2)SC1=S. The maximum Gasteiger partial charge on any atom is 0.326 e. The van der Waals surface area contributed by atoms with Gasteiger partial charge >= 0.3 is 5.97 Å². The normalized spacial score (nSPS) is 15.7. The van der Waals surface area contributed by atoms with Crippen LogP contribution in [0.3, 0.4) is 0 Å². The fraction of sp³-hybridized carbons (Fsp3) is 0.143. The van der Waals surface area contributed by atoms with Crippen molar-refractivity contribution < 1.29 is 28.6 Å². The van der Waals surface area contributed by atoms with Gasteiger partial charge in [0.15, 0.2) is 6.61 Å². The van der Waals surface area contributed by atoms with Gasteiger partial charge in [0.05, 0.1) is 4.91 Å². The molecule has 1 unspecified atom stereocenters. The number of nitrogens with one attached hydrogen (secondary N) is 1. The maximum atomic E-state index is 13.0. The average molecular weight is 539 g/mol. The summed E-state index contributed by atoms with van der Waals surface area (Å²) in [5, 5.41) is 11.8. The first kappa shape index (κ1) is 23.9. The van der Waals surface area contributed by atoms with E-state index in [0.717, 1.165) is 16.7 Å². The van der Waals surface area contributed by atoms with Crippen LogP contribution in [-0.2, 0) is 14.4 Å². The van der Waals surface area contributed by atoms with Gasteiger partial charge < -0.3 is 15.2 Å². The van der Waals surface area contributed by atoms with Crippen molar-refractivity contribution in [2.75, 3.05) is 11.9 Å². The molecule has 0 saturated carbocycles. The Hall–Kier alpha value is -2.76. The molecule has 1 aliphatic heterocycles. The molecular formula is C21H16BrFN2O5S2. The fourth-order valence-corrected chi connectivity index (χ4v) is 4.49. The molecule has 2 aromatic carbocycles. The van der Waals surface area contributed by atoms with E-state index in [4.69, 9.17) is 17.0 Å². The van der Waals surface area contributed by atoms with Gasteiger partial charge in [-0.2, -0.15) is 0 Å². The number of hydrogen-bond donors (Lipinski definition) is 2. The van der Waals surface area contributed by atoms with Gasteiger partial charge in [-0.25, -0.2) is 9.18 Å². The highest BCUT2D eigenvalue weighted by molar-refractivity contribution is 9.10. The van der Waals surface area contributed by atoms with E-state index in [2.05, 4.69) is 21.2 Å². The monoisotopic (exact) mass is 538 g/mol. The summed E-state index contributed by atoms with van der Waals surface area (Å²) >= 11 is 9.51. The zero-order valence-electron chi connectivity index (χ0n) is 16.5. The summed E-state index contributed by atoms with van der Waals surface area (Å²) in [6.45, 7) is 1.06. The number of benzene rings is 2. The Labute approximate surface area is 200 Å². The third kappa shape index (κ3) is 5.72. The number of thioether (sulfide) groups is 1. The number of thiocarbonyl (C=S) groups is 1. The molecule has 0 radical (unpaired) electrons. The molecular weight excluding hydrogens is 523 g/mol. The van der Waals surface area contributed by atoms with Crippen LogP contribution in [0.15, 0.2) is 51.8 Å². The van der Waals surface area contributed by atoms with Crippen LogP contribution in [0.2, 0.25) is 0 Å². The van der Waals surface area contributed by atoms with Gasteiger partial charge in [0.25, 0.3) is 11.8 Å². The predicted octanol–water partition coefficient (Wildman–Crippen LogP) is 4.28. The molecule has 2 N–H and O–H groups in total. The van der Waals surface area contributed by atoms with E-state index in [1.165, 1.54) is 37.3 Å². The van der Waals surface area contributed by atoms with Crippen LogP contribution in [0.5, 0.6) is 5.75 Å². The second-order valence-corrected chi connectivity index (χ2v) is 9.18. The highest BCUT2D eigenvalue weighted by Gasteiger charge is 2.38. The van der Waals surface area contributed by atoms with E-state index < -0.39 is 29.6 Å². The zero-order valence-corrected chi connectivity index (χ0v) is 19.7. The summed E-state index contributed by atoms with van der Waals surface area (Å²) in [4.78, 5) is 37.4. The van der Waals surface area contributed by atoms with Gasteiger partial charge in [-0.3, -0.25) is 14.5 Å². The average Bonchev–Trinajstić information content (AvgIpc) is 3.01. The van der Waals surface area contributed by atoms with Gasteiger partial charge in [-0.15, -0.1) is 0 Å². The molecule has 11 heteroatoms. The molecule has 0 aliphatic carbocycles. The second-order valence-electron chi connectivity index (χ2n) is 6.59. The number of carboxylic acid groups (broad SMARTS) is 1. The summed E-state index contributed by atoms with van der Waals surface area (Å²) in [5.74, 6) is -2.22. The summed E-state index contributed by atoms with van der Waals surface area (Å²) in [6.07, 6.45) is 1.53. The predicted molar refractivity (Wildman–Crippen MR) is 127 cm³/mol. The molecule has 2 aromatic rings. The number of ether oxygens (including phenoxy) is 1. The lowest BCUT2D eigenvalue weighted by molar-refractivity contribution is -0.144. The Morgan fingerprint density at radius 2 is 2.00 bits per heavy atom. The molecule has 0 bridgehead atoms. The molecule has 1 atom stereocenters. The third-order valence-electron chi connectivity index (χ3n) is 4.31. The van der Waals surface area contributed by atoms with Crippen LogP contribution in [0.4, 0.5) is 10.1 Å². The number of carbonyl (C=O) groups excluding carboxylic acids is 2. The lowest BCUT2D eigenvalue weighted by atomic mass is 10.1.